The highest BCUT2D eigenvalue weighted by molar-refractivity contribution is 5.02. The van der Waals surface area contributed by atoms with E-state index in [2.05, 4.69) is 17.3 Å². The van der Waals surface area contributed by atoms with Crippen LogP contribution in [0.15, 0.2) is 12.4 Å². The van der Waals surface area contributed by atoms with Gasteiger partial charge in [0.1, 0.15) is 0 Å². The van der Waals surface area contributed by atoms with E-state index in [1.54, 1.807) is 0 Å². The quantitative estimate of drug-likeness (QED) is 0.652. The molecule has 3 nitrogen and oxygen atoms in total. The van der Waals surface area contributed by atoms with Crippen molar-refractivity contribution in [3.05, 3.63) is 18.0 Å². The maximum absolute atomic E-state index is 4.07. The topological polar surface area (TPSA) is 29.9 Å². The molecule has 1 rings (SSSR count). The molecule has 0 aliphatic rings. The van der Waals surface area contributed by atoms with Gasteiger partial charge in [0.15, 0.2) is 0 Å². The zero-order valence-corrected chi connectivity index (χ0v) is 7.17. The molecule has 0 atom stereocenters. The van der Waals surface area contributed by atoms with Crippen molar-refractivity contribution >= 4 is 0 Å². The lowest BCUT2D eigenvalue weighted by molar-refractivity contribution is 0.674. The highest BCUT2D eigenvalue weighted by Gasteiger charge is 1.92. The first-order valence-corrected chi connectivity index (χ1v) is 4.01. The van der Waals surface area contributed by atoms with Crippen LogP contribution in [-0.4, -0.2) is 16.3 Å². The molecule has 0 aliphatic heterocycles. The van der Waals surface area contributed by atoms with Gasteiger partial charge in [-0.25, -0.2) is 0 Å². The molecule has 3 heteroatoms. The summed E-state index contributed by atoms with van der Waals surface area (Å²) in [6.07, 6.45) is 5.10. The summed E-state index contributed by atoms with van der Waals surface area (Å²) in [5, 5.41) is 7.38. The van der Waals surface area contributed by atoms with Gasteiger partial charge in [-0.1, -0.05) is 6.92 Å². The fourth-order valence-electron chi connectivity index (χ4n) is 0.973. The van der Waals surface area contributed by atoms with E-state index in [0.717, 1.165) is 13.1 Å². The Hall–Kier alpha value is -0.830. The van der Waals surface area contributed by atoms with Crippen molar-refractivity contribution in [2.75, 3.05) is 6.54 Å². The first-order chi connectivity index (χ1) is 5.33. The van der Waals surface area contributed by atoms with Crippen molar-refractivity contribution < 1.29 is 0 Å². The molecule has 1 heterocycles. The third-order valence-corrected chi connectivity index (χ3v) is 1.51. The van der Waals surface area contributed by atoms with E-state index in [9.17, 15) is 0 Å². The lowest BCUT2D eigenvalue weighted by Gasteiger charge is -1.97. The lowest BCUT2D eigenvalue weighted by Crippen LogP contribution is -2.13. The Morgan fingerprint density at radius 2 is 2.45 bits per heavy atom. The van der Waals surface area contributed by atoms with Gasteiger partial charge in [-0.3, -0.25) is 4.68 Å². The van der Waals surface area contributed by atoms with Gasteiger partial charge >= 0.3 is 0 Å². The van der Waals surface area contributed by atoms with E-state index in [-0.39, 0.29) is 0 Å². The molecule has 0 fully saturated rings. The first-order valence-electron chi connectivity index (χ1n) is 4.01. The second-order valence-corrected chi connectivity index (χ2v) is 2.70. The summed E-state index contributed by atoms with van der Waals surface area (Å²) >= 11 is 0. The number of rotatable bonds is 4. The summed E-state index contributed by atoms with van der Waals surface area (Å²) in [7, 11) is 1.93. The zero-order chi connectivity index (χ0) is 8.10. The monoisotopic (exact) mass is 153 g/mol. The minimum atomic E-state index is 0.932. The number of nitrogens with one attached hydrogen (secondary N) is 1. The van der Waals surface area contributed by atoms with E-state index in [4.69, 9.17) is 0 Å². The van der Waals surface area contributed by atoms with Crippen LogP contribution in [0.25, 0.3) is 0 Å². The standard InChI is InChI=1S/C8H15N3/c1-3-4-9-5-8-6-10-11(2)7-8/h6-7,9H,3-5H2,1-2H3. The van der Waals surface area contributed by atoms with Crippen molar-refractivity contribution in [3.8, 4) is 0 Å². The van der Waals surface area contributed by atoms with Gasteiger partial charge < -0.3 is 5.32 Å². The van der Waals surface area contributed by atoms with Gasteiger partial charge in [0, 0.05) is 25.4 Å². The summed E-state index contributed by atoms with van der Waals surface area (Å²) < 4.78 is 1.82. The van der Waals surface area contributed by atoms with Crippen molar-refractivity contribution in [3.63, 3.8) is 0 Å². The Morgan fingerprint density at radius 1 is 1.64 bits per heavy atom. The zero-order valence-electron chi connectivity index (χ0n) is 7.17. The van der Waals surface area contributed by atoms with Crippen molar-refractivity contribution in [1.29, 1.82) is 0 Å². The molecule has 0 bridgehead atoms. The van der Waals surface area contributed by atoms with Crippen molar-refractivity contribution in [1.82, 2.24) is 15.1 Å². The molecule has 1 aromatic heterocycles. The largest absolute Gasteiger partial charge is 0.313 e. The fourth-order valence-corrected chi connectivity index (χ4v) is 0.973. The Kier molecular flexibility index (Phi) is 3.11. The van der Waals surface area contributed by atoms with Gasteiger partial charge in [-0.05, 0) is 13.0 Å². The van der Waals surface area contributed by atoms with E-state index in [0.29, 0.717) is 0 Å². The molecule has 0 radical (unpaired) electrons. The predicted molar refractivity (Wildman–Crippen MR) is 45.2 cm³/mol. The molecule has 11 heavy (non-hydrogen) atoms. The molecule has 0 saturated heterocycles. The Bertz CT molecular complexity index is 205. The molecule has 0 amide bonds. The minimum absolute atomic E-state index is 0.932. The maximum atomic E-state index is 4.07. The van der Waals surface area contributed by atoms with Crippen LogP contribution in [0.1, 0.15) is 18.9 Å². The van der Waals surface area contributed by atoms with Gasteiger partial charge in [0.2, 0.25) is 0 Å². The predicted octanol–water partition coefficient (Wildman–Crippen LogP) is 0.920. The van der Waals surface area contributed by atoms with E-state index in [1.165, 1.54) is 12.0 Å². The summed E-state index contributed by atoms with van der Waals surface area (Å²) in [5.74, 6) is 0. The van der Waals surface area contributed by atoms with Crippen LogP contribution < -0.4 is 5.32 Å². The number of aryl methyl sites for hydroxylation is 1. The summed E-state index contributed by atoms with van der Waals surface area (Å²) in [6.45, 7) is 4.17. The molecule has 1 N–H and O–H groups in total. The van der Waals surface area contributed by atoms with Gasteiger partial charge in [-0.2, -0.15) is 5.10 Å². The van der Waals surface area contributed by atoms with Gasteiger partial charge in [-0.15, -0.1) is 0 Å². The lowest BCUT2D eigenvalue weighted by atomic mass is 10.3. The second kappa shape index (κ2) is 4.13. The molecular weight excluding hydrogens is 138 g/mol. The Morgan fingerprint density at radius 3 is 3.00 bits per heavy atom. The van der Waals surface area contributed by atoms with E-state index >= 15 is 0 Å². The fraction of sp³-hybridized carbons (Fsp3) is 0.625. The smallest absolute Gasteiger partial charge is 0.0534 e. The molecule has 62 valence electrons. The van der Waals surface area contributed by atoms with Gasteiger partial charge in [0.25, 0.3) is 0 Å². The molecule has 0 aromatic carbocycles. The van der Waals surface area contributed by atoms with E-state index in [1.807, 2.05) is 24.1 Å². The second-order valence-electron chi connectivity index (χ2n) is 2.70. The first kappa shape index (κ1) is 8.27. The average Bonchev–Trinajstić information content (AvgIpc) is 2.37. The normalized spacial score (nSPS) is 10.4. The highest BCUT2D eigenvalue weighted by atomic mass is 15.2. The average molecular weight is 153 g/mol. The SMILES string of the molecule is CCCNCc1cnn(C)c1. The van der Waals surface area contributed by atoms with E-state index < -0.39 is 0 Å². The molecule has 0 unspecified atom stereocenters. The van der Waals surface area contributed by atoms with Crippen LogP contribution in [0.2, 0.25) is 0 Å². The number of hydrogen-bond donors (Lipinski definition) is 1. The molecule has 0 saturated carbocycles. The minimum Gasteiger partial charge on any atom is -0.313 e. The van der Waals surface area contributed by atoms with Crippen LogP contribution in [0.3, 0.4) is 0 Å². The highest BCUT2D eigenvalue weighted by Crippen LogP contribution is 1.94. The number of hydrogen-bond acceptors (Lipinski definition) is 2. The summed E-state index contributed by atoms with van der Waals surface area (Å²) in [6, 6.07) is 0. The third-order valence-electron chi connectivity index (χ3n) is 1.51. The Balaban J connectivity index is 2.27. The van der Waals surface area contributed by atoms with Crippen LogP contribution in [0.5, 0.6) is 0 Å². The van der Waals surface area contributed by atoms with Crippen molar-refractivity contribution in [2.24, 2.45) is 7.05 Å². The third kappa shape index (κ3) is 2.72. The summed E-state index contributed by atoms with van der Waals surface area (Å²) in [4.78, 5) is 0. The van der Waals surface area contributed by atoms with Crippen LogP contribution in [0, 0.1) is 0 Å². The molecule has 0 aliphatic carbocycles. The van der Waals surface area contributed by atoms with Crippen LogP contribution in [-0.2, 0) is 13.6 Å². The molecular formula is C8H15N3. The Labute approximate surface area is 67.4 Å². The molecule has 1 aromatic rings. The summed E-state index contributed by atoms with van der Waals surface area (Å²) in [5.41, 5.74) is 1.25. The number of aromatic nitrogens is 2. The van der Waals surface area contributed by atoms with Crippen LogP contribution in [0.4, 0.5) is 0 Å². The maximum Gasteiger partial charge on any atom is 0.0534 e. The van der Waals surface area contributed by atoms with Crippen molar-refractivity contribution in [2.45, 2.75) is 19.9 Å². The van der Waals surface area contributed by atoms with Crippen LogP contribution >= 0.6 is 0 Å². The molecule has 0 spiro atoms. The number of nitrogens with zero attached hydrogens (tertiary/aromatic N) is 2. The van der Waals surface area contributed by atoms with Gasteiger partial charge in [0.05, 0.1) is 6.20 Å².